The van der Waals surface area contributed by atoms with E-state index in [2.05, 4.69) is 0 Å². The van der Waals surface area contributed by atoms with Gasteiger partial charge in [0.05, 0.1) is 23.8 Å². The lowest BCUT2D eigenvalue weighted by Crippen LogP contribution is -2.38. The molecule has 7 heteroatoms. The summed E-state index contributed by atoms with van der Waals surface area (Å²) in [6, 6.07) is 4.63. The van der Waals surface area contributed by atoms with Crippen molar-refractivity contribution in [3.05, 3.63) is 28.8 Å². The molecule has 0 unspecified atom stereocenters. The predicted molar refractivity (Wildman–Crippen MR) is 80.3 cm³/mol. The van der Waals surface area contributed by atoms with Gasteiger partial charge in [0.2, 0.25) is 0 Å². The molecule has 0 aromatic heterocycles. The molecule has 0 aliphatic carbocycles. The zero-order chi connectivity index (χ0) is 15.8. The number of benzene rings is 1. The maximum Gasteiger partial charge on any atom is 0.325 e. The maximum atomic E-state index is 12.5. The third-order valence-corrected chi connectivity index (χ3v) is 3.03. The molecule has 6 nitrogen and oxygen atoms in total. The van der Waals surface area contributed by atoms with Gasteiger partial charge in [-0.1, -0.05) is 11.6 Å². The lowest BCUT2D eigenvalue weighted by Gasteiger charge is -2.22. The van der Waals surface area contributed by atoms with E-state index >= 15 is 0 Å². The molecule has 1 aromatic carbocycles. The Kier molecular flexibility index (Phi) is 6.98. The van der Waals surface area contributed by atoms with Crippen molar-refractivity contribution in [1.29, 1.82) is 0 Å². The van der Waals surface area contributed by atoms with Crippen molar-refractivity contribution < 1.29 is 19.1 Å². The Balaban J connectivity index is 2.92. The molecule has 1 amide bonds. The SMILES string of the molecule is CCOC(=O)CN(CCOC)C(=O)c1cc(N)ccc1Cl. The number of anilines is 1. The first-order valence-corrected chi connectivity index (χ1v) is 6.86. The Morgan fingerprint density at radius 2 is 2.10 bits per heavy atom. The van der Waals surface area contributed by atoms with Crippen molar-refractivity contribution in [2.24, 2.45) is 0 Å². The van der Waals surface area contributed by atoms with E-state index in [1.54, 1.807) is 19.1 Å². The second-order valence-electron chi connectivity index (χ2n) is 4.26. The number of nitrogen functional groups attached to an aromatic ring is 1. The number of hydrogen-bond donors (Lipinski definition) is 1. The van der Waals surface area contributed by atoms with Crippen LogP contribution in [0, 0.1) is 0 Å². The van der Waals surface area contributed by atoms with Crippen LogP contribution in [0.15, 0.2) is 18.2 Å². The molecule has 0 saturated carbocycles. The van der Waals surface area contributed by atoms with Gasteiger partial charge in [0.1, 0.15) is 6.54 Å². The molecule has 0 radical (unpaired) electrons. The minimum absolute atomic E-state index is 0.166. The van der Waals surface area contributed by atoms with Gasteiger partial charge in [0.15, 0.2) is 0 Å². The summed E-state index contributed by atoms with van der Waals surface area (Å²) >= 11 is 6.02. The summed E-state index contributed by atoms with van der Waals surface area (Å²) in [4.78, 5) is 25.4. The average Bonchev–Trinajstić information content (AvgIpc) is 2.45. The molecule has 21 heavy (non-hydrogen) atoms. The van der Waals surface area contributed by atoms with Crippen LogP contribution in [0.3, 0.4) is 0 Å². The van der Waals surface area contributed by atoms with Crippen LogP contribution in [-0.4, -0.2) is 50.2 Å². The Hall–Kier alpha value is -1.79. The lowest BCUT2D eigenvalue weighted by molar-refractivity contribution is -0.143. The predicted octanol–water partition coefficient (Wildman–Crippen LogP) is 1.57. The Morgan fingerprint density at radius 1 is 1.38 bits per heavy atom. The van der Waals surface area contributed by atoms with E-state index in [-0.39, 0.29) is 30.3 Å². The monoisotopic (exact) mass is 314 g/mol. The highest BCUT2D eigenvalue weighted by molar-refractivity contribution is 6.34. The van der Waals surface area contributed by atoms with Crippen molar-refractivity contribution in [3.63, 3.8) is 0 Å². The number of esters is 1. The van der Waals surface area contributed by atoms with E-state index in [0.29, 0.717) is 12.3 Å². The maximum absolute atomic E-state index is 12.5. The van der Waals surface area contributed by atoms with E-state index < -0.39 is 11.9 Å². The molecule has 1 rings (SSSR count). The van der Waals surface area contributed by atoms with Gasteiger partial charge in [0.25, 0.3) is 5.91 Å². The molecule has 0 spiro atoms. The highest BCUT2D eigenvalue weighted by atomic mass is 35.5. The molecule has 2 N–H and O–H groups in total. The summed E-state index contributed by atoms with van der Waals surface area (Å²) in [5.74, 6) is -0.876. The molecule has 0 fully saturated rings. The molecule has 0 aliphatic heterocycles. The summed E-state index contributed by atoms with van der Waals surface area (Å²) in [6.07, 6.45) is 0. The van der Waals surface area contributed by atoms with Gasteiger partial charge in [-0.3, -0.25) is 9.59 Å². The van der Waals surface area contributed by atoms with E-state index in [1.807, 2.05) is 0 Å². The van der Waals surface area contributed by atoms with Gasteiger partial charge >= 0.3 is 5.97 Å². The van der Waals surface area contributed by atoms with Crippen molar-refractivity contribution in [1.82, 2.24) is 4.90 Å². The third kappa shape index (κ3) is 5.24. The number of carbonyl (C=O) groups excluding carboxylic acids is 2. The number of hydrogen-bond acceptors (Lipinski definition) is 5. The Morgan fingerprint density at radius 3 is 2.71 bits per heavy atom. The van der Waals surface area contributed by atoms with Crippen molar-refractivity contribution in [2.45, 2.75) is 6.92 Å². The quantitative estimate of drug-likeness (QED) is 0.610. The van der Waals surface area contributed by atoms with Crippen LogP contribution in [-0.2, 0) is 14.3 Å². The van der Waals surface area contributed by atoms with Crippen LogP contribution in [0.5, 0.6) is 0 Å². The highest BCUT2D eigenvalue weighted by Crippen LogP contribution is 2.20. The van der Waals surface area contributed by atoms with Crippen LogP contribution >= 0.6 is 11.6 Å². The highest BCUT2D eigenvalue weighted by Gasteiger charge is 2.21. The van der Waals surface area contributed by atoms with Crippen LogP contribution < -0.4 is 5.73 Å². The van der Waals surface area contributed by atoms with E-state index in [1.165, 1.54) is 18.1 Å². The van der Waals surface area contributed by atoms with Gasteiger partial charge in [0, 0.05) is 19.3 Å². The first-order chi connectivity index (χ1) is 9.99. The van der Waals surface area contributed by atoms with E-state index in [9.17, 15) is 9.59 Å². The zero-order valence-corrected chi connectivity index (χ0v) is 12.9. The first-order valence-electron chi connectivity index (χ1n) is 6.48. The number of nitrogens with zero attached hydrogens (tertiary/aromatic N) is 1. The first kappa shape index (κ1) is 17.3. The van der Waals surface area contributed by atoms with Crippen molar-refractivity contribution >= 4 is 29.2 Å². The molecule has 0 atom stereocenters. The zero-order valence-electron chi connectivity index (χ0n) is 12.1. The Bertz CT molecular complexity index is 508. The van der Waals surface area contributed by atoms with Gasteiger partial charge in [-0.2, -0.15) is 0 Å². The normalized spacial score (nSPS) is 10.2. The summed E-state index contributed by atoms with van der Waals surface area (Å²) in [5.41, 5.74) is 6.34. The largest absolute Gasteiger partial charge is 0.465 e. The number of amides is 1. The van der Waals surface area contributed by atoms with Crippen LogP contribution in [0.2, 0.25) is 5.02 Å². The molecule has 116 valence electrons. The van der Waals surface area contributed by atoms with Gasteiger partial charge in [-0.15, -0.1) is 0 Å². The fraction of sp³-hybridized carbons (Fsp3) is 0.429. The van der Waals surface area contributed by atoms with Crippen molar-refractivity contribution in [3.8, 4) is 0 Å². The fourth-order valence-corrected chi connectivity index (χ4v) is 1.89. The molecule has 0 heterocycles. The molecule has 0 aliphatic rings. The standard InChI is InChI=1S/C14H19ClN2O4/c1-3-21-13(18)9-17(6-7-20-2)14(19)11-8-10(16)4-5-12(11)15/h4-5,8H,3,6-7,9,16H2,1-2H3. The molecule has 0 bridgehead atoms. The molecule has 0 saturated heterocycles. The summed E-state index contributed by atoms with van der Waals surface area (Å²) in [5, 5.41) is 0.278. The van der Waals surface area contributed by atoms with E-state index in [0.717, 1.165) is 0 Å². The Labute approximate surface area is 128 Å². The second-order valence-corrected chi connectivity index (χ2v) is 4.67. The van der Waals surface area contributed by atoms with Crippen molar-refractivity contribution in [2.75, 3.05) is 39.1 Å². The summed E-state index contributed by atoms with van der Waals surface area (Å²) in [7, 11) is 1.51. The second kappa shape index (κ2) is 8.49. The van der Waals surface area contributed by atoms with Crippen LogP contribution in [0.4, 0.5) is 5.69 Å². The molecular weight excluding hydrogens is 296 g/mol. The number of carbonyl (C=O) groups is 2. The molecular formula is C14H19ClN2O4. The van der Waals surface area contributed by atoms with E-state index in [4.69, 9.17) is 26.8 Å². The summed E-state index contributed by atoms with van der Waals surface area (Å²) < 4.78 is 9.81. The number of ether oxygens (including phenoxy) is 2. The third-order valence-electron chi connectivity index (χ3n) is 2.70. The number of rotatable bonds is 7. The average molecular weight is 315 g/mol. The fourth-order valence-electron chi connectivity index (χ4n) is 1.69. The number of halogens is 1. The smallest absolute Gasteiger partial charge is 0.325 e. The van der Waals surface area contributed by atoms with Crippen LogP contribution in [0.1, 0.15) is 17.3 Å². The summed E-state index contributed by atoms with van der Waals surface area (Å²) in [6.45, 7) is 2.34. The van der Waals surface area contributed by atoms with Gasteiger partial charge in [-0.05, 0) is 25.1 Å². The van der Waals surface area contributed by atoms with Gasteiger partial charge < -0.3 is 20.1 Å². The van der Waals surface area contributed by atoms with Crippen LogP contribution in [0.25, 0.3) is 0 Å². The topological polar surface area (TPSA) is 81.9 Å². The minimum Gasteiger partial charge on any atom is -0.465 e. The van der Waals surface area contributed by atoms with Gasteiger partial charge in [-0.25, -0.2) is 0 Å². The molecule has 1 aromatic rings. The lowest BCUT2D eigenvalue weighted by atomic mass is 10.1. The minimum atomic E-state index is -0.484. The number of nitrogens with two attached hydrogens (primary N) is 1. The number of methoxy groups -OCH3 is 1.